The van der Waals surface area contributed by atoms with E-state index in [2.05, 4.69) is 15.3 Å². The van der Waals surface area contributed by atoms with Gasteiger partial charge in [0.15, 0.2) is 5.82 Å². The molecule has 37 heavy (non-hydrogen) atoms. The third-order valence-corrected chi connectivity index (χ3v) is 5.37. The average molecular weight is 511 g/mol. The largest absolute Gasteiger partial charge is 0.527 e. The zero-order valence-corrected chi connectivity index (χ0v) is 20.1. The number of carbonyl (C=O) groups excluding carboxylic acids is 3. The first kappa shape index (κ1) is 27.0. The highest BCUT2D eigenvalue weighted by atomic mass is 16.8. The number of aromatic nitrogens is 2. The molecule has 2 amide bonds. The molecule has 1 fully saturated rings. The minimum Gasteiger partial charge on any atom is -0.481 e. The summed E-state index contributed by atoms with van der Waals surface area (Å²) in [6.07, 6.45) is -1.35. The van der Waals surface area contributed by atoms with Crippen molar-refractivity contribution in [2.24, 2.45) is 0 Å². The Morgan fingerprint density at radius 1 is 1.14 bits per heavy atom. The van der Waals surface area contributed by atoms with Crippen molar-refractivity contribution in [3.05, 3.63) is 47.8 Å². The number of hydroxylamine groups is 2. The predicted molar refractivity (Wildman–Crippen MR) is 127 cm³/mol. The minimum absolute atomic E-state index is 0.0369. The van der Waals surface area contributed by atoms with Crippen molar-refractivity contribution in [3.8, 4) is 17.5 Å². The number of carboxylic acid groups (broad SMARTS) is 1. The second-order valence-electron chi connectivity index (χ2n) is 7.93. The number of carbonyl (C=O) groups is 4. The second-order valence-corrected chi connectivity index (χ2v) is 7.93. The van der Waals surface area contributed by atoms with Gasteiger partial charge in [-0.15, -0.1) is 5.06 Å². The Kier molecular flexibility index (Phi) is 9.45. The van der Waals surface area contributed by atoms with Gasteiger partial charge in [0.2, 0.25) is 5.91 Å². The van der Waals surface area contributed by atoms with E-state index in [1.54, 1.807) is 37.3 Å². The van der Waals surface area contributed by atoms with E-state index in [0.717, 1.165) is 0 Å². The van der Waals surface area contributed by atoms with Crippen molar-refractivity contribution < 1.29 is 33.9 Å². The van der Waals surface area contributed by atoms with Gasteiger partial charge >= 0.3 is 12.1 Å². The molecule has 1 saturated heterocycles. The van der Waals surface area contributed by atoms with Crippen molar-refractivity contribution in [1.29, 1.82) is 5.26 Å². The topological polar surface area (TPSA) is 175 Å². The molecule has 0 aliphatic carbocycles. The van der Waals surface area contributed by atoms with Gasteiger partial charge in [-0.3, -0.25) is 14.4 Å². The van der Waals surface area contributed by atoms with Gasteiger partial charge < -0.3 is 24.9 Å². The number of nitriles is 1. The van der Waals surface area contributed by atoms with Crippen LogP contribution in [0.3, 0.4) is 0 Å². The van der Waals surface area contributed by atoms with Gasteiger partial charge in [-0.1, -0.05) is 30.3 Å². The van der Waals surface area contributed by atoms with E-state index in [-0.39, 0.29) is 62.8 Å². The van der Waals surface area contributed by atoms with Gasteiger partial charge in [-0.25, -0.2) is 14.8 Å². The molecule has 0 saturated carbocycles. The molecule has 2 N–H and O–H groups in total. The van der Waals surface area contributed by atoms with Crippen LogP contribution in [-0.2, 0) is 19.2 Å². The van der Waals surface area contributed by atoms with Crippen molar-refractivity contribution in [1.82, 2.24) is 25.2 Å². The molecule has 0 radical (unpaired) electrons. The SMILES string of the molecule is CCOC(=O)ON1CCN(C(=O)[C@H](CCC(=O)O)NC(=O)c2cc(C#N)nc(-c3ccccc3)n2)CC1. The van der Waals surface area contributed by atoms with E-state index in [9.17, 15) is 24.4 Å². The molecule has 2 aromatic rings. The van der Waals surface area contributed by atoms with Gasteiger partial charge in [0.25, 0.3) is 5.91 Å². The molecule has 1 aromatic carbocycles. The maximum Gasteiger partial charge on any atom is 0.527 e. The van der Waals surface area contributed by atoms with Crippen molar-refractivity contribution in [2.75, 3.05) is 32.8 Å². The number of piperazine rings is 1. The smallest absolute Gasteiger partial charge is 0.481 e. The standard InChI is InChI=1S/C24H26N6O7/c1-2-36-24(35)37-30-12-10-29(11-13-30)23(34)18(8-9-20(31)32)28-22(33)19-14-17(15-25)26-21(27-19)16-6-4-3-5-7-16/h3-7,14,18H,2,8-13H2,1H3,(H,28,33)(H,31,32)/t18-/m0/s1. The average Bonchev–Trinajstić information content (AvgIpc) is 2.91. The molecule has 1 aromatic heterocycles. The Morgan fingerprint density at radius 3 is 2.46 bits per heavy atom. The van der Waals surface area contributed by atoms with Crippen LogP contribution in [0.4, 0.5) is 4.79 Å². The summed E-state index contributed by atoms with van der Waals surface area (Å²) in [5, 5.41) is 22.4. The van der Waals surface area contributed by atoms with Gasteiger partial charge in [0.1, 0.15) is 23.5 Å². The normalized spacial score (nSPS) is 14.2. The lowest BCUT2D eigenvalue weighted by molar-refractivity contribution is -0.157. The van der Waals surface area contributed by atoms with E-state index in [1.165, 1.54) is 16.0 Å². The molecule has 0 spiro atoms. The number of hydrogen-bond donors (Lipinski definition) is 2. The van der Waals surface area contributed by atoms with Crippen LogP contribution in [0.15, 0.2) is 36.4 Å². The van der Waals surface area contributed by atoms with E-state index >= 15 is 0 Å². The number of ether oxygens (including phenoxy) is 1. The number of nitrogens with one attached hydrogen (secondary N) is 1. The first-order valence-electron chi connectivity index (χ1n) is 11.6. The zero-order valence-electron chi connectivity index (χ0n) is 20.1. The van der Waals surface area contributed by atoms with Crippen LogP contribution in [0.5, 0.6) is 0 Å². The Morgan fingerprint density at radius 2 is 1.84 bits per heavy atom. The Labute approximate surface area is 212 Å². The Bertz CT molecular complexity index is 1180. The number of rotatable bonds is 9. The van der Waals surface area contributed by atoms with E-state index in [0.29, 0.717) is 5.56 Å². The van der Waals surface area contributed by atoms with Crippen LogP contribution in [-0.4, -0.2) is 87.8 Å². The third kappa shape index (κ3) is 7.71. The van der Waals surface area contributed by atoms with Crippen molar-refractivity contribution in [2.45, 2.75) is 25.8 Å². The van der Waals surface area contributed by atoms with Crippen molar-refractivity contribution >= 4 is 23.9 Å². The van der Waals surface area contributed by atoms with E-state index < -0.39 is 30.0 Å². The molecule has 0 bridgehead atoms. The summed E-state index contributed by atoms with van der Waals surface area (Å²) in [7, 11) is 0. The fourth-order valence-corrected chi connectivity index (χ4v) is 3.56. The van der Waals surface area contributed by atoms with Gasteiger partial charge in [0.05, 0.1) is 19.7 Å². The molecule has 1 aliphatic rings. The molecule has 1 aliphatic heterocycles. The van der Waals surface area contributed by atoms with Crippen molar-refractivity contribution in [3.63, 3.8) is 0 Å². The third-order valence-electron chi connectivity index (χ3n) is 5.37. The number of carboxylic acids is 1. The highest BCUT2D eigenvalue weighted by Gasteiger charge is 2.31. The molecule has 2 heterocycles. The number of benzene rings is 1. The van der Waals surface area contributed by atoms with Crippen LogP contribution in [0.1, 0.15) is 35.9 Å². The van der Waals surface area contributed by atoms with Crippen LogP contribution in [0, 0.1) is 11.3 Å². The van der Waals surface area contributed by atoms with Crippen LogP contribution in [0.2, 0.25) is 0 Å². The van der Waals surface area contributed by atoms with E-state index in [1.807, 2.05) is 6.07 Å². The molecule has 3 rings (SSSR count). The highest BCUT2D eigenvalue weighted by molar-refractivity contribution is 5.96. The molecule has 194 valence electrons. The van der Waals surface area contributed by atoms with Crippen LogP contribution >= 0.6 is 0 Å². The molecule has 0 unspecified atom stereocenters. The summed E-state index contributed by atoms with van der Waals surface area (Å²) in [4.78, 5) is 63.8. The lowest BCUT2D eigenvalue weighted by atomic mass is 10.1. The highest BCUT2D eigenvalue weighted by Crippen LogP contribution is 2.16. The van der Waals surface area contributed by atoms with Crippen LogP contribution in [0.25, 0.3) is 11.4 Å². The summed E-state index contributed by atoms with van der Waals surface area (Å²) in [5.41, 5.74) is 0.423. The summed E-state index contributed by atoms with van der Waals surface area (Å²) >= 11 is 0. The Balaban J connectivity index is 1.73. The van der Waals surface area contributed by atoms with Gasteiger partial charge in [0, 0.05) is 31.1 Å². The molecular weight excluding hydrogens is 484 g/mol. The lowest BCUT2D eigenvalue weighted by Crippen LogP contribution is -2.55. The second kappa shape index (κ2) is 12.9. The predicted octanol–water partition coefficient (Wildman–Crippen LogP) is 1.21. The molecule has 13 heteroatoms. The van der Waals surface area contributed by atoms with Gasteiger partial charge in [-0.2, -0.15) is 5.26 Å². The number of nitrogens with zero attached hydrogens (tertiary/aromatic N) is 5. The van der Waals surface area contributed by atoms with E-state index in [4.69, 9.17) is 14.7 Å². The number of hydrogen-bond acceptors (Lipinski definition) is 10. The summed E-state index contributed by atoms with van der Waals surface area (Å²) in [6, 6.07) is 10.7. The summed E-state index contributed by atoms with van der Waals surface area (Å²) in [5.74, 6) is -2.19. The first-order valence-corrected chi connectivity index (χ1v) is 11.6. The number of amides is 2. The monoisotopic (exact) mass is 510 g/mol. The fourth-order valence-electron chi connectivity index (χ4n) is 3.56. The quantitative estimate of drug-likeness (QED) is 0.464. The fraction of sp³-hybridized carbons (Fsp3) is 0.375. The number of aliphatic carboxylic acids is 1. The Hall–Kier alpha value is -4.57. The zero-order chi connectivity index (χ0) is 26.8. The summed E-state index contributed by atoms with van der Waals surface area (Å²) < 4.78 is 4.73. The molecule has 13 nitrogen and oxygen atoms in total. The maximum atomic E-state index is 13.2. The van der Waals surface area contributed by atoms with Gasteiger partial charge in [-0.05, 0) is 13.3 Å². The first-order chi connectivity index (χ1) is 17.8. The molecular formula is C24H26N6O7. The molecule has 1 atom stereocenters. The minimum atomic E-state index is -1.15. The lowest BCUT2D eigenvalue weighted by Gasteiger charge is -2.35. The maximum absolute atomic E-state index is 13.2. The summed E-state index contributed by atoms with van der Waals surface area (Å²) in [6.45, 7) is 2.60. The van der Waals surface area contributed by atoms with Crippen LogP contribution < -0.4 is 5.32 Å².